The minimum atomic E-state index is 0. The highest BCUT2D eigenvalue weighted by atomic mass is 127. The third-order valence-electron chi connectivity index (χ3n) is 4.60. The second kappa shape index (κ2) is 13.6. The van der Waals surface area contributed by atoms with Crippen molar-refractivity contribution in [2.24, 2.45) is 10.9 Å². The molecular weight excluding hydrogens is 483 g/mol. The van der Waals surface area contributed by atoms with E-state index in [4.69, 9.17) is 9.47 Å². The van der Waals surface area contributed by atoms with Gasteiger partial charge in [-0.05, 0) is 31.9 Å². The molecule has 0 bridgehead atoms. The van der Waals surface area contributed by atoms with Gasteiger partial charge in [-0.25, -0.2) is 4.99 Å². The van der Waals surface area contributed by atoms with Crippen LogP contribution >= 0.6 is 24.0 Å². The maximum atomic E-state index is 11.7. The van der Waals surface area contributed by atoms with Crippen molar-refractivity contribution in [3.63, 3.8) is 0 Å². The van der Waals surface area contributed by atoms with E-state index in [-0.39, 0.29) is 29.9 Å². The van der Waals surface area contributed by atoms with Crippen molar-refractivity contribution in [2.75, 3.05) is 47.0 Å². The molecule has 29 heavy (non-hydrogen) atoms. The SMILES string of the molecule is CCNC(=NCc1ccc(C)cc1OCC1CCOC1)NCCC(=O)N(C)C.I. The third kappa shape index (κ3) is 9.20. The van der Waals surface area contributed by atoms with Gasteiger partial charge >= 0.3 is 0 Å². The Labute approximate surface area is 191 Å². The minimum absolute atomic E-state index is 0. The number of nitrogens with one attached hydrogen (secondary N) is 2. The number of aryl methyl sites for hydroxylation is 1. The van der Waals surface area contributed by atoms with Crippen LogP contribution in [0.2, 0.25) is 0 Å². The van der Waals surface area contributed by atoms with Gasteiger partial charge in [-0.2, -0.15) is 0 Å². The first-order chi connectivity index (χ1) is 13.5. The molecule has 7 nitrogen and oxygen atoms in total. The fourth-order valence-corrected chi connectivity index (χ4v) is 2.87. The summed E-state index contributed by atoms with van der Waals surface area (Å²) in [6.45, 7) is 8.16. The number of guanidine groups is 1. The van der Waals surface area contributed by atoms with Crippen molar-refractivity contribution >= 4 is 35.8 Å². The highest BCUT2D eigenvalue weighted by molar-refractivity contribution is 14.0. The normalized spacial score (nSPS) is 16.1. The molecule has 8 heteroatoms. The molecule has 0 radical (unpaired) electrons. The van der Waals surface area contributed by atoms with Crippen molar-refractivity contribution in [1.82, 2.24) is 15.5 Å². The predicted octanol–water partition coefficient (Wildman–Crippen LogP) is 2.56. The summed E-state index contributed by atoms with van der Waals surface area (Å²) >= 11 is 0. The molecule has 1 aliphatic heterocycles. The molecule has 1 heterocycles. The predicted molar refractivity (Wildman–Crippen MR) is 127 cm³/mol. The number of nitrogens with zero attached hydrogens (tertiary/aromatic N) is 2. The Hall–Kier alpha value is -1.55. The number of aliphatic imine (C=N–C) groups is 1. The lowest BCUT2D eigenvalue weighted by atomic mass is 10.1. The van der Waals surface area contributed by atoms with Crippen LogP contribution in [0.15, 0.2) is 23.2 Å². The van der Waals surface area contributed by atoms with Crippen LogP contribution in [-0.2, 0) is 16.1 Å². The van der Waals surface area contributed by atoms with Gasteiger partial charge in [-0.1, -0.05) is 12.1 Å². The van der Waals surface area contributed by atoms with E-state index in [0.29, 0.717) is 38.0 Å². The number of rotatable bonds is 9. The maximum absolute atomic E-state index is 11.7. The van der Waals surface area contributed by atoms with Crippen LogP contribution in [-0.4, -0.2) is 63.8 Å². The number of carbonyl (C=O) groups excluding carboxylic acids is 1. The third-order valence-corrected chi connectivity index (χ3v) is 4.60. The summed E-state index contributed by atoms with van der Waals surface area (Å²) in [6.07, 6.45) is 1.49. The second-order valence-electron chi connectivity index (χ2n) is 7.31. The second-order valence-corrected chi connectivity index (χ2v) is 7.31. The van der Waals surface area contributed by atoms with Gasteiger partial charge in [-0.15, -0.1) is 24.0 Å². The summed E-state index contributed by atoms with van der Waals surface area (Å²) < 4.78 is 11.5. The van der Waals surface area contributed by atoms with Crippen LogP contribution in [0.1, 0.15) is 30.9 Å². The first-order valence-corrected chi connectivity index (χ1v) is 10.0. The first-order valence-electron chi connectivity index (χ1n) is 10.0. The number of halogens is 1. The molecule has 1 atom stereocenters. The number of amides is 1. The summed E-state index contributed by atoms with van der Waals surface area (Å²) in [6, 6.07) is 6.21. The molecule has 0 spiro atoms. The Morgan fingerprint density at radius 3 is 2.79 bits per heavy atom. The lowest BCUT2D eigenvalue weighted by Gasteiger charge is -2.15. The van der Waals surface area contributed by atoms with Crippen molar-refractivity contribution in [3.8, 4) is 5.75 Å². The van der Waals surface area contributed by atoms with Crippen LogP contribution in [0.4, 0.5) is 0 Å². The summed E-state index contributed by atoms with van der Waals surface area (Å²) in [4.78, 5) is 18.0. The van der Waals surface area contributed by atoms with E-state index >= 15 is 0 Å². The molecule has 1 saturated heterocycles. The largest absolute Gasteiger partial charge is 0.493 e. The Bertz CT molecular complexity index is 661. The molecule has 1 aromatic rings. The molecule has 1 amide bonds. The molecule has 2 N–H and O–H groups in total. The number of hydrogen-bond donors (Lipinski definition) is 2. The standard InChI is InChI=1S/C21H34N4O3.HI/c1-5-22-21(23-10-8-20(26)25(3)4)24-13-18-7-6-16(2)12-19(18)28-15-17-9-11-27-14-17;/h6-7,12,17H,5,8-11,13-15H2,1-4H3,(H2,22,23,24);1H. The lowest BCUT2D eigenvalue weighted by molar-refractivity contribution is -0.128. The summed E-state index contributed by atoms with van der Waals surface area (Å²) in [5.74, 6) is 2.14. The van der Waals surface area contributed by atoms with Crippen molar-refractivity contribution in [3.05, 3.63) is 29.3 Å². The Morgan fingerprint density at radius 1 is 1.34 bits per heavy atom. The number of carbonyl (C=O) groups is 1. The molecular formula is C21H35IN4O3. The van der Waals surface area contributed by atoms with E-state index in [1.165, 1.54) is 0 Å². The van der Waals surface area contributed by atoms with E-state index in [2.05, 4.69) is 40.7 Å². The van der Waals surface area contributed by atoms with E-state index in [1.807, 2.05) is 6.92 Å². The van der Waals surface area contributed by atoms with Crippen LogP contribution in [0.5, 0.6) is 5.75 Å². The van der Waals surface area contributed by atoms with Gasteiger partial charge < -0.3 is 25.0 Å². The zero-order valence-electron chi connectivity index (χ0n) is 18.0. The number of hydrogen-bond acceptors (Lipinski definition) is 4. The van der Waals surface area contributed by atoms with Crippen LogP contribution in [0.25, 0.3) is 0 Å². The van der Waals surface area contributed by atoms with E-state index in [1.54, 1.807) is 19.0 Å². The molecule has 0 saturated carbocycles. The van der Waals surface area contributed by atoms with Crippen molar-refractivity contribution < 1.29 is 14.3 Å². The van der Waals surface area contributed by atoms with E-state index < -0.39 is 0 Å². The molecule has 1 aromatic carbocycles. The van der Waals surface area contributed by atoms with Gasteiger partial charge in [0.1, 0.15) is 5.75 Å². The molecule has 1 unspecified atom stereocenters. The summed E-state index contributed by atoms with van der Waals surface area (Å²) in [5, 5.41) is 6.44. The quantitative estimate of drug-likeness (QED) is 0.299. The monoisotopic (exact) mass is 518 g/mol. The van der Waals surface area contributed by atoms with Crippen molar-refractivity contribution in [1.29, 1.82) is 0 Å². The van der Waals surface area contributed by atoms with E-state index in [0.717, 1.165) is 43.1 Å². The van der Waals surface area contributed by atoms with Crippen molar-refractivity contribution in [2.45, 2.75) is 33.2 Å². The van der Waals surface area contributed by atoms with Gasteiger partial charge in [0.15, 0.2) is 5.96 Å². The fraction of sp³-hybridized carbons (Fsp3) is 0.619. The maximum Gasteiger partial charge on any atom is 0.223 e. The van der Waals surface area contributed by atoms with Crippen LogP contribution in [0, 0.1) is 12.8 Å². The Kier molecular flexibility index (Phi) is 12.0. The van der Waals surface area contributed by atoms with Gasteiger partial charge in [0, 0.05) is 51.7 Å². The smallest absolute Gasteiger partial charge is 0.223 e. The first kappa shape index (κ1) is 25.5. The summed E-state index contributed by atoms with van der Waals surface area (Å²) in [7, 11) is 3.52. The molecule has 0 aromatic heterocycles. The molecule has 2 rings (SSSR count). The topological polar surface area (TPSA) is 75.2 Å². The highest BCUT2D eigenvalue weighted by Gasteiger charge is 2.17. The average Bonchev–Trinajstić information content (AvgIpc) is 3.18. The Balaban J connectivity index is 0.00000420. The lowest BCUT2D eigenvalue weighted by Crippen LogP contribution is -2.39. The van der Waals surface area contributed by atoms with Gasteiger partial charge in [0.2, 0.25) is 5.91 Å². The highest BCUT2D eigenvalue weighted by Crippen LogP contribution is 2.23. The zero-order chi connectivity index (χ0) is 20.4. The van der Waals surface area contributed by atoms with E-state index in [9.17, 15) is 4.79 Å². The molecule has 164 valence electrons. The Morgan fingerprint density at radius 2 is 2.14 bits per heavy atom. The summed E-state index contributed by atoms with van der Waals surface area (Å²) in [5.41, 5.74) is 2.21. The molecule has 1 aliphatic rings. The fourth-order valence-electron chi connectivity index (χ4n) is 2.87. The van der Waals surface area contributed by atoms with Crippen LogP contribution in [0.3, 0.4) is 0 Å². The average molecular weight is 518 g/mol. The number of ether oxygens (including phenoxy) is 2. The minimum Gasteiger partial charge on any atom is -0.493 e. The molecule has 1 fully saturated rings. The van der Waals surface area contributed by atoms with Gasteiger partial charge in [0.05, 0.1) is 19.8 Å². The van der Waals surface area contributed by atoms with Gasteiger partial charge in [0.25, 0.3) is 0 Å². The van der Waals surface area contributed by atoms with Crippen LogP contribution < -0.4 is 15.4 Å². The zero-order valence-corrected chi connectivity index (χ0v) is 20.3. The number of benzene rings is 1. The molecule has 0 aliphatic carbocycles. The van der Waals surface area contributed by atoms with Gasteiger partial charge in [-0.3, -0.25) is 4.79 Å².